The van der Waals surface area contributed by atoms with Crippen LogP contribution in [0.1, 0.15) is 68.2 Å². The van der Waals surface area contributed by atoms with Gasteiger partial charge in [0, 0.05) is 30.0 Å². The molecule has 0 aromatic heterocycles. The van der Waals surface area contributed by atoms with E-state index in [9.17, 15) is 4.79 Å². The minimum atomic E-state index is -0.121. The summed E-state index contributed by atoms with van der Waals surface area (Å²) in [6, 6.07) is 20.2. The molecule has 2 atom stereocenters. The summed E-state index contributed by atoms with van der Waals surface area (Å²) < 4.78 is 0. The maximum absolute atomic E-state index is 13.2. The molecule has 142 valence electrons. The normalized spacial score (nSPS) is 18.9. The molecule has 0 radical (unpaired) electrons. The summed E-state index contributed by atoms with van der Waals surface area (Å²) in [5.41, 5.74) is 3.83. The second-order valence-corrected chi connectivity index (χ2v) is 8.55. The van der Waals surface area contributed by atoms with E-state index in [0.29, 0.717) is 18.0 Å². The lowest BCUT2D eigenvalue weighted by molar-refractivity contribution is -0.946. The van der Waals surface area contributed by atoms with Gasteiger partial charge in [-0.25, -0.2) is 0 Å². The van der Waals surface area contributed by atoms with Crippen LogP contribution in [0.2, 0.25) is 0 Å². The molecule has 3 nitrogen and oxygen atoms in total. The lowest BCUT2D eigenvalue weighted by Crippen LogP contribution is -3.13. The fourth-order valence-electron chi connectivity index (χ4n) is 3.88. The first kappa shape index (κ1) is 18.2. The quantitative estimate of drug-likeness (QED) is 0.741. The Morgan fingerprint density at radius 1 is 0.963 bits per heavy atom. The second-order valence-electron chi connectivity index (χ2n) is 8.55. The summed E-state index contributed by atoms with van der Waals surface area (Å²) in [7, 11) is 0. The van der Waals surface area contributed by atoms with E-state index in [-0.39, 0.29) is 11.9 Å². The van der Waals surface area contributed by atoms with Gasteiger partial charge < -0.3 is 10.2 Å². The molecule has 2 aromatic rings. The van der Waals surface area contributed by atoms with Gasteiger partial charge in [-0.1, -0.05) is 68.4 Å². The highest BCUT2D eigenvalue weighted by molar-refractivity contribution is 5.82. The van der Waals surface area contributed by atoms with Crippen molar-refractivity contribution in [3.05, 3.63) is 71.3 Å². The van der Waals surface area contributed by atoms with Gasteiger partial charge in [-0.2, -0.15) is 0 Å². The fraction of sp³-hybridized carbons (Fsp3) is 0.458. The van der Waals surface area contributed by atoms with E-state index in [4.69, 9.17) is 0 Å². The molecule has 2 saturated carbocycles. The van der Waals surface area contributed by atoms with Gasteiger partial charge in [-0.05, 0) is 24.3 Å². The van der Waals surface area contributed by atoms with Crippen molar-refractivity contribution in [3.8, 4) is 0 Å². The molecule has 2 aliphatic carbocycles. The zero-order valence-electron chi connectivity index (χ0n) is 16.4. The lowest BCUT2D eigenvalue weighted by atomic mass is 10.00. The van der Waals surface area contributed by atoms with E-state index in [1.54, 1.807) is 0 Å². The number of carbonyl (C=O) groups excluding carboxylic acids is 1. The minimum absolute atomic E-state index is 0.121. The number of amides is 1. The van der Waals surface area contributed by atoms with Gasteiger partial charge in [0.05, 0.1) is 6.04 Å². The van der Waals surface area contributed by atoms with E-state index >= 15 is 0 Å². The zero-order chi connectivity index (χ0) is 18.8. The first-order chi connectivity index (χ1) is 13.1. The summed E-state index contributed by atoms with van der Waals surface area (Å²) in [5.74, 6) is 0.747. The van der Waals surface area contributed by atoms with E-state index < -0.39 is 0 Å². The number of quaternary nitrogens is 1. The van der Waals surface area contributed by atoms with Crippen LogP contribution in [0.5, 0.6) is 0 Å². The molecule has 0 spiro atoms. The standard InChI is InChI=1S/C24H30N2O/c1-17(2)19-10-8-18(9-11-19)16-26(22-14-15-22)23(20-6-4-3-5-7-20)24(27)25-21-12-13-21/h3-11,17,21-23H,12-16H2,1-2H3,(H,25,27)/p+1/t23-/m1/s1. The Morgan fingerprint density at radius 2 is 1.63 bits per heavy atom. The van der Waals surface area contributed by atoms with Crippen molar-refractivity contribution in [2.24, 2.45) is 0 Å². The molecule has 0 saturated heterocycles. The molecular formula is C24H31N2O+. The highest BCUT2D eigenvalue weighted by Gasteiger charge is 2.43. The SMILES string of the molecule is CC(C)c1ccc(C[NH+](C2CC2)[C@@H](C(=O)NC2CC2)c2ccccc2)cc1. The monoisotopic (exact) mass is 363 g/mol. The Morgan fingerprint density at radius 3 is 2.19 bits per heavy atom. The average molecular weight is 364 g/mol. The lowest BCUT2D eigenvalue weighted by Gasteiger charge is -2.28. The Kier molecular flexibility index (Phi) is 5.31. The summed E-state index contributed by atoms with van der Waals surface area (Å²) in [4.78, 5) is 14.6. The van der Waals surface area contributed by atoms with Crippen molar-refractivity contribution >= 4 is 5.91 Å². The second kappa shape index (κ2) is 7.85. The molecule has 27 heavy (non-hydrogen) atoms. The fourth-order valence-corrected chi connectivity index (χ4v) is 3.88. The van der Waals surface area contributed by atoms with Gasteiger partial charge >= 0.3 is 0 Å². The first-order valence-electron chi connectivity index (χ1n) is 10.4. The van der Waals surface area contributed by atoms with Crippen molar-refractivity contribution < 1.29 is 9.69 Å². The molecule has 4 rings (SSSR count). The molecule has 2 N–H and O–H groups in total. The van der Waals surface area contributed by atoms with Gasteiger partial charge in [-0.3, -0.25) is 4.79 Å². The van der Waals surface area contributed by atoms with Crippen molar-refractivity contribution in [1.82, 2.24) is 5.32 Å². The maximum atomic E-state index is 13.2. The van der Waals surface area contributed by atoms with Gasteiger partial charge in [0.25, 0.3) is 5.91 Å². The third-order valence-electron chi connectivity index (χ3n) is 5.85. The number of nitrogens with one attached hydrogen (secondary N) is 2. The number of hydrogen-bond acceptors (Lipinski definition) is 1. The van der Waals surface area contributed by atoms with Gasteiger partial charge in [0.2, 0.25) is 0 Å². The molecule has 1 amide bonds. The van der Waals surface area contributed by atoms with Gasteiger partial charge in [-0.15, -0.1) is 0 Å². The van der Waals surface area contributed by atoms with Crippen LogP contribution in [-0.2, 0) is 11.3 Å². The van der Waals surface area contributed by atoms with Crippen LogP contribution in [0.3, 0.4) is 0 Å². The van der Waals surface area contributed by atoms with Crippen molar-refractivity contribution in [2.45, 2.75) is 70.1 Å². The van der Waals surface area contributed by atoms with Crippen LogP contribution >= 0.6 is 0 Å². The molecule has 0 aliphatic heterocycles. The molecule has 2 aromatic carbocycles. The van der Waals surface area contributed by atoms with E-state index in [1.165, 1.54) is 28.9 Å². The largest absolute Gasteiger partial charge is 0.348 e. The van der Waals surface area contributed by atoms with Gasteiger partial charge in [0.15, 0.2) is 6.04 Å². The van der Waals surface area contributed by atoms with Crippen molar-refractivity contribution in [1.29, 1.82) is 0 Å². The van der Waals surface area contributed by atoms with Crippen molar-refractivity contribution in [2.75, 3.05) is 0 Å². The highest BCUT2D eigenvalue weighted by atomic mass is 16.2. The van der Waals surface area contributed by atoms with E-state index in [2.05, 4.69) is 67.7 Å². The van der Waals surface area contributed by atoms with Crippen LogP contribution in [0.4, 0.5) is 0 Å². The van der Waals surface area contributed by atoms with Crippen LogP contribution in [-0.4, -0.2) is 18.0 Å². The summed E-state index contributed by atoms with van der Waals surface area (Å²) in [6.45, 7) is 5.36. The van der Waals surface area contributed by atoms with Crippen LogP contribution in [0.25, 0.3) is 0 Å². The third-order valence-corrected chi connectivity index (χ3v) is 5.85. The molecule has 0 heterocycles. The first-order valence-corrected chi connectivity index (χ1v) is 10.4. The van der Waals surface area contributed by atoms with Crippen molar-refractivity contribution in [3.63, 3.8) is 0 Å². The highest BCUT2D eigenvalue weighted by Crippen LogP contribution is 2.24. The molecule has 0 bridgehead atoms. The summed E-state index contributed by atoms with van der Waals surface area (Å²) in [6.07, 6.45) is 4.70. The molecule has 3 heteroatoms. The number of benzene rings is 2. The predicted molar refractivity (Wildman–Crippen MR) is 109 cm³/mol. The summed E-state index contributed by atoms with van der Waals surface area (Å²) >= 11 is 0. The Bertz CT molecular complexity index is 761. The molecule has 2 fully saturated rings. The predicted octanol–water partition coefficient (Wildman–Crippen LogP) is 3.38. The Hall–Kier alpha value is -2.13. The topological polar surface area (TPSA) is 33.5 Å². The van der Waals surface area contributed by atoms with Crippen LogP contribution in [0.15, 0.2) is 54.6 Å². The maximum Gasteiger partial charge on any atom is 0.283 e. The molecule has 2 aliphatic rings. The van der Waals surface area contributed by atoms with Crippen LogP contribution < -0.4 is 10.2 Å². The smallest absolute Gasteiger partial charge is 0.283 e. The summed E-state index contributed by atoms with van der Waals surface area (Å²) in [5, 5.41) is 3.27. The van der Waals surface area contributed by atoms with E-state index in [0.717, 1.165) is 24.9 Å². The third kappa shape index (κ3) is 4.59. The number of hydrogen-bond donors (Lipinski definition) is 2. The van der Waals surface area contributed by atoms with E-state index in [1.807, 2.05) is 6.07 Å². The number of carbonyl (C=O) groups is 1. The van der Waals surface area contributed by atoms with Crippen LogP contribution in [0, 0.1) is 0 Å². The number of rotatable bonds is 8. The van der Waals surface area contributed by atoms with Gasteiger partial charge in [0.1, 0.15) is 6.54 Å². The Balaban J connectivity index is 1.59. The molecular weight excluding hydrogens is 332 g/mol. The molecule has 1 unspecified atom stereocenters. The Labute approximate surface area is 162 Å². The average Bonchev–Trinajstić information content (AvgIpc) is 3.57. The zero-order valence-corrected chi connectivity index (χ0v) is 16.4. The minimum Gasteiger partial charge on any atom is -0.348 e.